The Bertz CT molecular complexity index is 669. The van der Waals surface area contributed by atoms with Gasteiger partial charge in [0, 0.05) is 0 Å². The molecule has 0 aliphatic rings. The van der Waals surface area contributed by atoms with Crippen LogP contribution in [0.15, 0.2) is 42.5 Å². The van der Waals surface area contributed by atoms with Crippen LogP contribution in [-0.4, -0.2) is 11.1 Å². The van der Waals surface area contributed by atoms with E-state index in [1.807, 2.05) is 13.0 Å². The predicted octanol–water partition coefficient (Wildman–Crippen LogP) is 2.93. The van der Waals surface area contributed by atoms with Crippen LogP contribution in [0.1, 0.15) is 27.0 Å². The van der Waals surface area contributed by atoms with Gasteiger partial charge in [-0.15, -0.1) is 0 Å². The Hall–Kier alpha value is -2.80. The normalized spacial score (nSPS) is 9.80. The van der Waals surface area contributed by atoms with Crippen LogP contribution >= 0.6 is 0 Å². The van der Waals surface area contributed by atoms with E-state index in [0.29, 0.717) is 5.56 Å². The first-order valence-electron chi connectivity index (χ1n) is 6.06. The van der Waals surface area contributed by atoms with E-state index in [4.69, 9.17) is 10.00 Å². The minimum absolute atomic E-state index is 0.0881. The molecule has 20 heavy (non-hydrogen) atoms. The van der Waals surface area contributed by atoms with Gasteiger partial charge in [-0.2, -0.15) is 5.26 Å². The number of aromatic hydroxyl groups is 1. The van der Waals surface area contributed by atoms with Crippen molar-refractivity contribution in [1.82, 2.24) is 0 Å². The van der Waals surface area contributed by atoms with Crippen molar-refractivity contribution >= 4 is 5.97 Å². The molecule has 0 saturated heterocycles. The molecule has 0 heterocycles. The highest BCUT2D eigenvalue weighted by molar-refractivity contribution is 5.92. The fraction of sp³-hybridized carbons (Fsp3) is 0.125. The molecule has 4 nitrogen and oxygen atoms in total. The molecule has 100 valence electrons. The number of rotatable bonds is 3. The van der Waals surface area contributed by atoms with Gasteiger partial charge in [0.25, 0.3) is 0 Å². The first kappa shape index (κ1) is 13.6. The molecule has 0 spiro atoms. The Morgan fingerprint density at radius 1 is 1.25 bits per heavy atom. The Morgan fingerprint density at radius 2 is 1.95 bits per heavy atom. The number of hydrogen-bond donors (Lipinski definition) is 1. The molecule has 0 aliphatic heterocycles. The van der Waals surface area contributed by atoms with E-state index in [9.17, 15) is 9.90 Å². The van der Waals surface area contributed by atoms with Crippen LogP contribution in [-0.2, 0) is 11.3 Å². The summed E-state index contributed by atoms with van der Waals surface area (Å²) in [6, 6.07) is 13.6. The number of esters is 1. The molecule has 0 fully saturated rings. The number of carbonyl (C=O) groups excluding carboxylic acids is 1. The highest BCUT2D eigenvalue weighted by Gasteiger charge is 2.12. The molecule has 0 bridgehead atoms. The summed E-state index contributed by atoms with van der Waals surface area (Å²) in [6.45, 7) is 1.92. The zero-order valence-corrected chi connectivity index (χ0v) is 11.0. The van der Waals surface area contributed by atoms with Crippen molar-refractivity contribution in [2.75, 3.05) is 0 Å². The molecule has 2 rings (SSSR count). The lowest BCUT2D eigenvalue weighted by Gasteiger charge is -2.07. The third-order valence-electron chi connectivity index (χ3n) is 2.83. The van der Waals surface area contributed by atoms with Gasteiger partial charge in [0.1, 0.15) is 17.9 Å². The number of nitriles is 1. The second kappa shape index (κ2) is 5.89. The summed E-state index contributed by atoms with van der Waals surface area (Å²) in [6.07, 6.45) is 0. The maximum atomic E-state index is 11.8. The van der Waals surface area contributed by atoms with Gasteiger partial charge in [-0.3, -0.25) is 0 Å². The lowest BCUT2D eigenvalue weighted by Crippen LogP contribution is -2.05. The molecule has 0 amide bonds. The smallest absolute Gasteiger partial charge is 0.342 e. The van der Waals surface area contributed by atoms with Crippen LogP contribution in [0, 0.1) is 18.3 Å². The summed E-state index contributed by atoms with van der Waals surface area (Å²) in [5.41, 5.74) is 2.34. The highest BCUT2D eigenvalue weighted by Crippen LogP contribution is 2.19. The van der Waals surface area contributed by atoms with Crippen molar-refractivity contribution < 1.29 is 14.6 Å². The zero-order valence-electron chi connectivity index (χ0n) is 11.0. The van der Waals surface area contributed by atoms with E-state index in [2.05, 4.69) is 0 Å². The first-order valence-corrected chi connectivity index (χ1v) is 6.06. The van der Waals surface area contributed by atoms with Gasteiger partial charge < -0.3 is 9.84 Å². The number of phenols is 1. The number of carbonyl (C=O) groups is 1. The molecule has 1 N–H and O–H groups in total. The number of benzene rings is 2. The van der Waals surface area contributed by atoms with Crippen LogP contribution in [0.5, 0.6) is 5.75 Å². The van der Waals surface area contributed by atoms with E-state index < -0.39 is 5.97 Å². The van der Waals surface area contributed by atoms with Crippen LogP contribution in [0.4, 0.5) is 0 Å². The highest BCUT2D eigenvalue weighted by atomic mass is 16.5. The van der Waals surface area contributed by atoms with Gasteiger partial charge in [0.2, 0.25) is 0 Å². The van der Waals surface area contributed by atoms with Crippen molar-refractivity contribution in [2.45, 2.75) is 13.5 Å². The summed E-state index contributed by atoms with van der Waals surface area (Å²) >= 11 is 0. The molecule has 0 unspecified atom stereocenters. The van der Waals surface area contributed by atoms with E-state index in [-0.39, 0.29) is 17.9 Å². The van der Waals surface area contributed by atoms with E-state index in [1.165, 1.54) is 12.1 Å². The first-order chi connectivity index (χ1) is 9.60. The van der Waals surface area contributed by atoms with Crippen LogP contribution in [0.2, 0.25) is 0 Å². The number of ether oxygens (including phenoxy) is 1. The summed E-state index contributed by atoms with van der Waals surface area (Å²) in [4.78, 5) is 11.8. The monoisotopic (exact) mass is 267 g/mol. The van der Waals surface area contributed by atoms with Crippen molar-refractivity contribution in [3.8, 4) is 11.8 Å². The standard InChI is InChI=1S/C16H13NO3/c1-11-2-7-14(15(18)8-11)16(19)20-10-13-5-3-12(9-17)4-6-13/h2-8,18H,10H2,1H3. The molecule has 0 saturated carbocycles. The van der Waals surface area contributed by atoms with Crippen molar-refractivity contribution in [2.24, 2.45) is 0 Å². The topological polar surface area (TPSA) is 70.3 Å². The van der Waals surface area contributed by atoms with Gasteiger partial charge in [-0.05, 0) is 42.3 Å². The number of hydrogen-bond acceptors (Lipinski definition) is 4. The lowest BCUT2D eigenvalue weighted by molar-refractivity contribution is 0.0469. The molecule has 0 aliphatic carbocycles. The molecule has 0 aromatic heterocycles. The summed E-state index contributed by atoms with van der Waals surface area (Å²) < 4.78 is 5.13. The SMILES string of the molecule is Cc1ccc(C(=O)OCc2ccc(C#N)cc2)c(O)c1. The van der Waals surface area contributed by atoms with Crippen LogP contribution in [0.3, 0.4) is 0 Å². The predicted molar refractivity (Wildman–Crippen MR) is 73.1 cm³/mol. The molecule has 2 aromatic carbocycles. The molecular formula is C16H13NO3. The van der Waals surface area contributed by atoms with E-state index >= 15 is 0 Å². The third-order valence-corrected chi connectivity index (χ3v) is 2.83. The molecule has 0 atom stereocenters. The number of nitrogens with zero attached hydrogens (tertiary/aromatic N) is 1. The van der Waals surface area contributed by atoms with Gasteiger partial charge in [0.05, 0.1) is 11.6 Å². The average Bonchev–Trinajstić information content (AvgIpc) is 2.45. The van der Waals surface area contributed by atoms with Crippen molar-refractivity contribution in [1.29, 1.82) is 5.26 Å². The molecule has 0 radical (unpaired) electrons. The second-order valence-electron chi connectivity index (χ2n) is 4.41. The Labute approximate surface area is 116 Å². The van der Waals surface area contributed by atoms with Gasteiger partial charge in [-0.1, -0.05) is 18.2 Å². The molecule has 4 heteroatoms. The summed E-state index contributed by atoms with van der Waals surface area (Å²) in [5, 5.41) is 18.4. The van der Waals surface area contributed by atoms with Gasteiger partial charge >= 0.3 is 5.97 Å². The minimum atomic E-state index is -0.577. The van der Waals surface area contributed by atoms with Gasteiger partial charge in [0.15, 0.2) is 0 Å². The average molecular weight is 267 g/mol. The van der Waals surface area contributed by atoms with E-state index in [0.717, 1.165) is 11.1 Å². The zero-order chi connectivity index (χ0) is 14.5. The second-order valence-corrected chi connectivity index (χ2v) is 4.41. The minimum Gasteiger partial charge on any atom is -0.507 e. The summed E-state index contributed by atoms with van der Waals surface area (Å²) in [5.74, 6) is -0.665. The van der Waals surface area contributed by atoms with E-state index in [1.54, 1.807) is 30.3 Å². The maximum absolute atomic E-state index is 11.8. The van der Waals surface area contributed by atoms with Crippen LogP contribution < -0.4 is 0 Å². The van der Waals surface area contributed by atoms with Crippen molar-refractivity contribution in [3.63, 3.8) is 0 Å². The lowest BCUT2D eigenvalue weighted by atomic mass is 10.1. The third kappa shape index (κ3) is 3.15. The molecular weight excluding hydrogens is 254 g/mol. The Balaban J connectivity index is 2.03. The fourth-order valence-corrected chi connectivity index (χ4v) is 1.72. The molecule has 2 aromatic rings. The largest absolute Gasteiger partial charge is 0.507 e. The maximum Gasteiger partial charge on any atom is 0.342 e. The van der Waals surface area contributed by atoms with Crippen molar-refractivity contribution in [3.05, 3.63) is 64.7 Å². The Morgan fingerprint density at radius 3 is 2.55 bits per heavy atom. The van der Waals surface area contributed by atoms with Crippen LogP contribution in [0.25, 0.3) is 0 Å². The quantitative estimate of drug-likeness (QED) is 0.868. The Kier molecular flexibility index (Phi) is 4.02. The number of aryl methyl sites for hydroxylation is 1. The summed E-state index contributed by atoms with van der Waals surface area (Å²) in [7, 11) is 0. The number of phenolic OH excluding ortho intramolecular Hbond substituents is 1. The fourth-order valence-electron chi connectivity index (χ4n) is 1.72. The van der Waals surface area contributed by atoms with Gasteiger partial charge in [-0.25, -0.2) is 4.79 Å².